The maximum Gasteiger partial charge on any atom is 0.328 e. The minimum absolute atomic E-state index is 0.417. The second-order valence-electron chi connectivity index (χ2n) is 5.11. The molecule has 1 saturated carbocycles. The maximum absolute atomic E-state index is 11.0. The van der Waals surface area contributed by atoms with Gasteiger partial charge in [0.15, 0.2) is 0 Å². The molecule has 98 valence electrons. The van der Waals surface area contributed by atoms with Crippen LogP contribution in [0.3, 0.4) is 0 Å². The maximum atomic E-state index is 11.0. The Labute approximate surface area is 112 Å². The molecule has 0 aliphatic heterocycles. The van der Waals surface area contributed by atoms with Crippen molar-refractivity contribution in [2.75, 3.05) is 0 Å². The third-order valence-electron chi connectivity index (χ3n) is 3.79. The number of carboxylic acids is 1. The Balaban J connectivity index is 2.16. The molecule has 0 bridgehead atoms. The zero-order chi connectivity index (χ0) is 13.4. The molecule has 19 heavy (non-hydrogen) atoms. The standard InChI is InChI=1S/C16H17NO2/c1-2-10-4-3-5-12-14(9-17-16(10)12)13(8-15(18)19)11-6-7-11/h3-5,8-9,11,17H,2,6-7H2,1H3,(H,18,19)/b13-8+. The third-order valence-corrected chi connectivity index (χ3v) is 3.79. The molecule has 0 unspecified atom stereocenters. The number of aliphatic carboxylic acids is 1. The lowest BCUT2D eigenvalue weighted by Gasteiger charge is -2.04. The highest BCUT2D eigenvalue weighted by atomic mass is 16.4. The Kier molecular flexibility index (Phi) is 2.90. The number of para-hydroxylation sites is 1. The van der Waals surface area contributed by atoms with Crippen molar-refractivity contribution in [1.82, 2.24) is 4.98 Å². The van der Waals surface area contributed by atoms with Gasteiger partial charge in [-0.25, -0.2) is 4.79 Å². The van der Waals surface area contributed by atoms with Crippen LogP contribution in [0.2, 0.25) is 0 Å². The molecular weight excluding hydrogens is 238 g/mol. The van der Waals surface area contributed by atoms with Gasteiger partial charge in [0.2, 0.25) is 0 Å². The minimum atomic E-state index is -0.858. The molecule has 0 spiro atoms. The Hall–Kier alpha value is -2.03. The van der Waals surface area contributed by atoms with E-state index in [-0.39, 0.29) is 0 Å². The summed E-state index contributed by atoms with van der Waals surface area (Å²) in [5.41, 5.74) is 4.42. The van der Waals surface area contributed by atoms with Gasteiger partial charge in [0.05, 0.1) is 0 Å². The van der Waals surface area contributed by atoms with Gasteiger partial charge in [-0.3, -0.25) is 0 Å². The van der Waals surface area contributed by atoms with Crippen LogP contribution in [0.1, 0.15) is 30.9 Å². The molecule has 0 saturated heterocycles. The fraction of sp³-hybridized carbons (Fsp3) is 0.312. The number of allylic oxidation sites excluding steroid dienone is 1. The van der Waals surface area contributed by atoms with E-state index in [1.54, 1.807) is 0 Å². The molecule has 1 heterocycles. The summed E-state index contributed by atoms with van der Waals surface area (Å²) < 4.78 is 0. The molecule has 3 nitrogen and oxygen atoms in total. The van der Waals surface area contributed by atoms with Crippen LogP contribution in [0.5, 0.6) is 0 Å². The molecule has 2 aromatic rings. The molecule has 3 rings (SSSR count). The molecule has 0 atom stereocenters. The van der Waals surface area contributed by atoms with Crippen molar-refractivity contribution in [2.24, 2.45) is 5.92 Å². The van der Waals surface area contributed by atoms with Gasteiger partial charge in [-0.1, -0.05) is 25.1 Å². The van der Waals surface area contributed by atoms with Crippen molar-refractivity contribution in [3.05, 3.63) is 41.6 Å². The highest BCUT2D eigenvalue weighted by molar-refractivity contribution is 6.00. The van der Waals surface area contributed by atoms with Gasteiger partial charge in [-0.2, -0.15) is 0 Å². The topological polar surface area (TPSA) is 53.1 Å². The summed E-state index contributed by atoms with van der Waals surface area (Å²) >= 11 is 0. The van der Waals surface area contributed by atoms with Crippen LogP contribution in [0.15, 0.2) is 30.5 Å². The van der Waals surface area contributed by atoms with Crippen molar-refractivity contribution in [1.29, 1.82) is 0 Å². The number of benzene rings is 1. The van der Waals surface area contributed by atoms with E-state index >= 15 is 0 Å². The number of aryl methyl sites for hydroxylation is 1. The molecule has 0 amide bonds. The summed E-state index contributed by atoms with van der Waals surface area (Å²) in [7, 11) is 0. The quantitative estimate of drug-likeness (QED) is 0.820. The molecule has 1 aliphatic rings. The molecule has 1 aromatic heterocycles. The second kappa shape index (κ2) is 4.57. The second-order valence-corrected chi connectivity index (χ2v) is 5.11. The van der Waals surface area contributed by atoms with Gasteiger partial charge in [0.25, 0.3) is 0 Å². The highest BCUT2D eigenvalue weighted by Gasteiger charge is 2.29. The Morgan fingerprint density at radius 3 is 2.89 bits per heavy atom. The summed E-state index contributed by atoms with van der Waals surface area (Å²) in [6.07, 6.45) is 6.49. The molecule has 0 radical (unpaired) electrons. The first-order valence-electron chi connectivity index (χ1n) is 6.74. The number of rotatable bonds is 4. The van der Waals surface area contributed by atoms with E-state index in [2.05, 4.69) is 24.0 Å². The van der Waals surface area contributed by atoms with Crippen LogP contribution in [0.4, 0.5) is 0 Å². The van der Waals surface area contributed by atoms with Crippen molar-refractivity contribution in [3.8, 4) is 0 Å². The monoisotopic (exact) mass is 255 g/mol. The third kappa shape index (κ3) is 2.16. The first kappa shape index (κ1) is 12.0. The average Bonchev–Trinajstić information content (AvgIpc) is 3.14. The van der Waals surface area contributed by atoms with Gasteiger partial charge in [0.1, 0.15) is 0 Å². The molecule has 1 aliphatic carbocycles. The molecule has 1 aromatic carbocycles. The van der Waals surface area contributed by atoms with Crippen LogP contribution in [-0.4, -0.2) is 16.1 Å². The molecule has 1 fully saturated rings. The lowest BCUT2D eigenvalue weighted by molar-refractivity contribution is -0.131. The van der Waals surface area contributed by atoms with E-state index < -0.39 is 5.97 Å². The normalized spacial score (nSPS) is 15.9. The van der Waals surface area contributed by atoms with Crippen molar-refractivity contribution in [2.45, 2.75) is 26.2 Å². The summed E-state index contributed by atoms with van der Waals surface area (Å²) in [4.78, 5) is 14.3. The predicted molar refractivity (Wildman–Crippen MR) is 76.0 cm³/mol. The number of carboxylic acid groups (broad SMARTS) is 1. The fourth-order valence-corrected chi connectivity index (χ4v) is 2.69. The van der Waals surface area contributed by atoms with Crippen LogP contribution >= 0.6 is 0 Å². The zero-order valence-corrected chi connectivity index (χ0v) is 10.9. The Morgan fingerprint density at radius 2 is 2.26 bits per heavy atom. The van der Waals surface area contributed by atoms with Gasteiger partial charge in [-0.05, 0) is 36.3 Å². The van der Waals surface area contributed by atoms with E-state index in [1.807, 2.05) is 12.3 Å². The minimum Gasteiger partial charge on any atom is -0.478 e. The first-order valence-corrected chi connectivity index (χ1v) is 6.74. The number of nitrogens with one attached hydrogen (secondary N) is 1. The van der Waals surface area contributed by atoms with Crippen LogP contribution in [0.25, 0.3) is 16.5 Å². The largest absolute Gasteiger partial charge is 0.478 e. The van der Waals surface area contributed by atoms with E-state index in [9.17, 15) is 4.79 Å². The van der Waals surface area contributed by atoms with Crippen molar-refractivity contribution in [3.63, 3.8) is 0 Å². The van der Waals surface area contributed by atoms with E-state index in [4.69, 9.17) is 5.11 Å². The van der Waals surface area contributed by atoms with Gasteiger partial charge < -0.3 is 10.1 Å². The first-order chi connectivity index (χ1) is 9.20. The smallest absolute Gasteiger partial charge is 0.328 e. The van der Waals surface area contributed by atoms with Crippen LogP contribution < -0.4 is 0 Å². The predicted octanol–water partition coefficient (Wildman–Crippen LogP) is 3.61. The molecular formula is C16H17NO2. The number of fused-ring (bicyclic) bond motifs is 1. The summed E-state index contributed by atoms with van der Waals surface area (Å²) in [5.74, 6) is -0.441. The summed E-state index contributed by atoms with van der Waals surface area (Å²) in [6, 6.07) is 6.22. The Bertz CT molecular complexity index is 662. The lowest BCUT2D eigenvalue weighted by Crippen LogP contribution is -1.94. The average molecular weight is 255 g/mol. The van der Waals surface area contributed by atoms with E-state index in [0.717, 1.165) is 41.3 Å². The zero-order valence-electron chi connectivity index (χ0n) is 10.9. The van der Waals surface area contributed by atoms with Crippen molar-refractivity contribution >= 4 is 22.4 Å². The van der Waals surface area contributed by atoms with E-state index in [1.165, 1.54) is 11.6 Å². The van der Waals surface area contributed by atoms with Crippen LogP contribution in [0, 0.1) is 5.92 Å². The van der Waals surface area contributed by atoms with Gasteiger partial charge >= 0.3 is 5.97 Å². The van der Waals surface area contributed by atoms with Gasteiger partial charge in [0, 0.05) is 28.7 Å². The summed E-state index contributed by atoms with van der Waals surface area (Å²) in [5, 5.41) is 10.2. The van der Waals surface area contributed by atoms with Crippen LogP contribution in [-0.2, 0) is 11.2 Å². The number of aromatic amines is 1. The van der Waals surface area contributed by atoms with Gasteiger partial charge in [-0.15, -0.1) is 0 Å². The number of hydrogen-bond donors (Lipinski definition) is 2. The lowest BCUT2D eigenvalue weighted by atomic mass is 9.99. The SMILES string of the molecule is CCc1cccc2c(/C(=C/C(=O)O)C3CC3)c[nH]c12. The number of aromatic nitrogens is 1. The Morgan fingerprint density at radius 1 is 1.47 bits per heavy atom. The number of carbonyl (C=O) groups is 1. The fourth-order valence-electron chi connectivity index (χ4n) is 2.69. The number of hydrogen-bond acceptors (Lipinski definition) is 1. The summed E-state index contributed by atoms with van der Waals surface area (Å²) in [6.45, 7) is 2.13. The molecule has 2 N–H and O–H groups in total. The van der Waals surface area contributed by atoms with Crippen molar-refractivity contribution < 1.29 is 9.90 Å². The number of H-pyrrole nitrogens is 1. The van der Waals surface area contributed by atoms with E-state index in [0.29, 0.717) is 5.92 Å². The highest BCUT2D eigenvalue weighted by Crippen LogP contribution is 2.44. The molecule has 3 heteroatoms.